The van der Waals surface area contributed by atoms with Crippen LogP contribution in [-0.4, -0.2) is 37.2 Å². The molecule has 0 fully saturated rings. The summed E-state index contributed by atoms with van der Waals surface area (Å²) < 4.78 is 16.9. The van der Waals surface area contributed by atoms with Crippen LogP contribution in [0.2, 0.25) is 0 Å². The molecule has 0 aliphatic carbocycles. The van der Waals surface area contributed by atoms with Crippen LogP contribution in [0.4, 0.5) is 0 Å². The molecule has 0 aromatic heterocycles. The number of carbonyl (C=O) groups is 3. The summed E-state index contributed by atoms with van der Waals surface area (Å²) in [7, 11) is 0. The van der Waals surface area contributed by atoms with Gasteiger partial charge in [-0.2, -0.15) is 0 Å². The monoisotopic (exact) mass is 1070 g/mol. The molecule has 0 aliphatic rings. The molecule has 0 N–H and O–H groups in total. The summed E-state index contributed by atoms with van der Waals surface area (Å²) in [6, 6.07) is 0. The molecule has 0 amide bonds. The van der Waals surface area contributed by atoms with E-state index in [-0.39, 0.29) is 37.5 Å². The van der Waals surface area contributed by atoms with Crippen molar-refractivity contribution in [1.29, 1.82) is 0 Å². The zero-order valence-corrected chi connectivity index (χ0v) is 50.7. The van der Waals surface area contributed by atoms with Crippen molar-refractivity contribution >= 4 is 17.9 Å². The maximum absolute atomic E-state index is 12.9. The van der Waals surface area contributed by atoms with Gasteiger partial charge in [-0.05, 0) is 96.3 Å². The number of unbranched alkanes of at least 4 members (excludes halogenated alkanes) is 32. The number of esters is 3. The fourth-order valence-corrected chi connectivity index (χ4v) is 9.19. The summed E-state index contributed by atoms with van der Waals surface area (Å²) in [5.74, 6) is -0.944. The Labute approximate surface area is 477 Å². The van der Waals surface area contributed by atoms with Gasteiger partial charge in [-0.25, -0.2) is 0 Å². The van der Waals surface area contributed by atoms with Crippen LogP contribution in [0.1, 0.15) is 316 Å². The van der Waals surface area contributed by atoms with Crippen molar-refractivity contribution in [2.75, 3.05) is 13.2 Å². The molecule has 0 heterocycles. The van der Waals surface area contributed by atoms with Crippen molar-refractivity contribution in [1.82, 2.24) is 0 Å². The Hall–Kier alpha value is -3.67. The van der Waals surface area contributed by atoms with E-state index in [0.29, 0.717) is 19.3 Å². The van der Waals surface area contributed by atoms with Crippen LogP contribution < -0.4 is 0 Å². The largest absolute Gasteiger partial charge is 0.462 e. The quantitative estimate of drug-likeness (QED) is 0.0261. The lowest BCUT2D eigenvalue weighted by molar-refractivity contribution is -0.167. The SMILES string of the molecule is CC/C=C\C/C=C\C/C=C\C/C=C\C/C=C\C/C=C\C/C=C\CCCC(=O)OCC(COC(=O)CCCCCCCCCCCCCCC)OC(=O)CCCCCCCCCCCCC/C=C\CCCCCCCCCC. The van der Waals surface area contributed by atoms with E-state index in [9.17, 15) is 14.4 Å². The lowest BCUT2D eigenvalue weighted by Crippen LogP contribution is -2.30. The number of allylic oxidation sites excluding steroid dienone is 16. The minimum Gasteiger partial charge on any atom is -0.462 e. The molecule has 1 atom stereocenters. The molecule has 0 aromatic rings. The lowest BCUT2D eigenvalue weighted by atomic mass is 10.0. The number of ether oxygens (including phenoxy) is 3. The molecule has 0 spiro atoms. The second kappa shape index (κ2) is 64.9. The van der Waals surface area contributed by atoms with E-state index >= 15 is 0 Å². The first-order chi connectivity index (χ1) is 38.0. The summed E-state index contributed by atoms with van der Waals surface area (Å²) in [4.78, 5) is 38.3. The minimum absolute atomic E-state index is 0.0932. The van der Waals surface area contributed by atoms with Crippen molar-refractivity contribution in [2.24, 2.45) is 0 Å². The second-order valence-electron chi connectivity index (χ2n) is 21.6. The smallest absolute Gasteiger partial charge is 0.306 e. The van der Waals surface area contributed by atoms with Crippen LogP contribution in [0.3, 0.4) is 0 Å². The van der Waals surface area contributed by atoms with Crippen molar-refractivity contribution in [3.05, 3.63) is 97.2 Å². The summed E-state index contributed by atoms with van der Waals surface area (Å²) >= 11 is 0. The topological polar surface area (TPSA) is 78.9 Å². The van der Waals surface area contributed by atoms with Crippen molar-refractivity contribution in [3.63, 3.8) is 0 Å². The minimum atomic E-state index is -0.802. The Kier molecular flexibility index (Phi) is 61.8. The highest BCUT2D eigenvalue weighted by atomic mass is 16.6. The molecule has 1 unspecified atom stereocenters. The van der Waals surface area contributed by atoms with E-state index in [0.717, 1.165) is 89.9 Å². The normalized spacial score (nSPS) is 12.7. The number of carbonyl (C=O) groups excluding carboxylic acids is 3. The van der Waals surface area contributed by atoms with Gasteiger partial charge in [-0.3, -0.25) is 14.4 Å². The third-order valence-electron chi connectivity index (χ3n) is 14.1. The molecule has 0 rings (SSSR count). The van der Waals surface area contributed by atoms with Gasteiger partial charge in [0.05, 0.1) is 0 Å². The van der Waals surface area contributed by atoms with Crippen LogP contribution in [0.5, 0.6) is 0 Å². The fraction of sp³-hybridized carbons (Fsp3) is 0.732. The first-order valence-corrected chi connectivity index (χ1v) is 32.7. The number of rotatable bonds is 59. The van der Waals surface area contributed by atoms with Gasteiger partial charge in [-0.15, -0.1) is 0 Å². The van der Waals surface area contributed by atoms with Gasteiger partial charge >= 0.3 is 17.9 Å². The molecule has 0 aromatic carbocycles. The van der Waals surface area contributed by atoms with E-state index in [2.05, 4.69) is 118 Å². The van der Waals surface area contributed by atoms with Crippen LogP contribution in [-0.2, 0) is 28.6 Å². The number of hydrogen-bond acceptors (Lipinski definition) is 6. The van der Waals surface area contributed by atoms with Crippen LogP contribution in [0.25, 0.3) is 0 Å². The predicted octanol–water partition coefficient (Wildman–Crippen LogP) is 22.4. The van der Waals surface area contributed by atoms with Crippen LogP contribution in [0, 0.1) is 0 Å². The summed E-state index contributed by atoms with van der Waals surface area (Å²) in [5.41, 5.74) is 0. The molecule has 0 saturated heterocycles. The van der Waals surface area contributed by atoms with Gasteiger partial charge in [0.25, 0.3) is 0 Å². The molecule has 6 nitrogen and oxygen atoms in total. The molecule has 442 valence electrons. The molecule has 0 saturated carbocycles. The Morgan fingerprint density at radius 3 is 0.857 bits per heavy atom. The number of hydrogen-bond donors (Lipinski definition) is 0. The van der Waals surface area contributed by atoms with Crippen LogP contribution in [0.15, 0.2) is 97.2 Å². The van der Waals surface area contributed by atoms with E-state index < -0.39 is 6.10 Å². The molecule has 77 heavy (non-hydrogen) atoms. The molecular weight excluding hydrogens is 949 g/mol. The third-order valence-corrected chi connectivity index (χ3v) is 14.1. The van der Waals surface area contributed by atoms with E-state index in [1.807, 2.05) is 0 Å². The predicted molar refractivity (Wildman–Crippen MR) is 334 cm³/mol. The molecule has 0 bridgehead atoms. The second-order valence-corrected chi connectivity index (χ2v) is 21.6. The average Bonchev–Trinajstić information content (AvgIpc) is 3.43. The zero-order chi connectivity index (χ0) is 55.7. The maximum atomic E-state index is 12.9. The van der Waals surface area contributed by atoms with E-state index in [1.54, 1.807) is 0 Å². The van der Waals surface area contributed by atoms with Gasteiger partial charge in [0.2, 0.25) is 0 Å². The Morgan fingerprint density at radius 1 is 0.273 bits per heavy atom. The Bertz CT molecular complexity index is 1510. The van der Waals surface area contributed by atoms with Gasteiger partial charge in [0.15, 0.2) is 6.10 Å². The molecule has 6 heteroatoms. The first kappa shape index (κ1) is 73.3. The van der Waals surface area contributed by atoms with Gasteiger partial charge in [0, 0.05) is 19.3 Å². The highest BCUT2D eigenvalue weighted by Gasteiger charge is 2.19. The Morgan fingerprint density at radius 2 is 0.519 bits per heavy atom. The van der Waals surface area contributed by atoms with Crippen molar-refractivity contribution < 1.29 is 28.6 Å². The van der Waals surface area contributed by atoms with Gasteiger partial charge in [-0.1, -0.05) is 298 Å². The average molecular weight is 1070 g/mol. The molecular formula is C71H122O6. The molecule has 0 radical (unpaired) electrons. The highest BCUT2D eigenvalue weighted by molar-refractivity contribution is 5.71. The zero-order valence-electron chi connectivity index (χ0n) is 50.7. The van der Waals surface area contributed by atoms with Gasteiger partial charge in [0.1, 0.15) is 13.2 Å². The highest BCUT2D eigenvalue weighted by Crippen LogP contribution is 2.16. The first-order valence-electron chi connectivity index (χ1n) is 32.7. The van der Waals surface area contributed by atoms with Crippen molar-refractivity contribution in [2.45, 2.75) is 322 Å². The molecule has 0 aliphatic heterocycles. The van der Waals surface area contributed by atoms with Crippen LogP contribution >= 0.6 is 0 Å². The maximum Gasteiger partial charge on any atom is 0.306 e. The third kappa shape index (κ3) is 63.0. The van der Waals surface area contributed by atoms with E-state index in [4.69, 9.17) is 14.2 Å². The standard InChI is InChI=1S/C71H122O6/c1-4-7-10-13-16-19-22-25-27-29-31-33-35-37-39-41-43-46-49-52-55-58-61-64-70(73)76-67-68(66-75-69(72)63-60-57-54-51-48-45-24-21-18-15-12-9-6-3)77-71(74)65-62-59-56-53-50-47-44-42-40-38-36-34-32-30-28-26-23-20-17-14-11-8-5-2/h7,10,16,19,25,27,30-33,37,39,43,46,52,55,68H,4-6,8-9,11-15,17-18,20-24,26,28-29,34-36,38,40-42,44-45,47-51,53-54,56-67H2,1-3H3/b10-7-,19-16-,27-25-,32-30-,33-31-,39-37-,46-43-,55-52-. The van der Waals surface area contributed by atoms with E-state index in [1.165, 1.54) is 180 Å². The summed E-state index contributed by atoms with van der Waals surface area (Å²) in [5, 5.41) is 0. The fourth-order valence-electron chi connectivity index (χ4n) is 9.19. The summed E-state index contributed by atoms with van der Waals surface area (Å²) in [6.07, 6.45) is 87.1. The lowest BCUT2D eigenvalue weighted by Gasteiger charge is -2.18. The summed E-state index contributed by atoms with van der Waals surface area (Å²) in [6.45, 7) is 6.51. The van der Waals surface area contributed by atoms with Gasteiger partial charge < -0.3 is 14.2 Å². The van der Waals surface area contributed by atoms with Crippen molar-refractivity contribution in [3.8, 4) is 0 Å². The Balaban J connectivity index is 4.41.